The summed E-state index contributed by atoms with van der Waals surface area (Å²) in [5.41, 5.74) is 0.791. The van der Waals surface area contributed by atoms with Crippen molar-refractivity contribution in [1.29, 1.82) is 0 Å². The summed E-state index contributed by atoms with van der Waals surface area (Å²) in [7, 11) is 1.92. The van der Waals surface area contributed by atoms with Gasteiger partial charge >= 0.3 is 0 Å². The zero-order chi connectivity index (χ0) is 14.4. The summed E-state index contributed by atoms with van der Waals surface area (Å²) in [6.07, 6.45) is 4.92. The largest absolute Gasteiger partial charge is 0.313 e. The number of benzene rings is 1. The minimum atomic E-state index is -0.100. The Kier molecular flexibility index (Phi) is 5.99. The molecule has 2 atom stereocenters. The van der Waals surface area contributed by atoms with Crippen LogP contribution in [0.25, 0.3) is 0 Å². The quantitative estimate of drug-likeness (QED) is 0.855. The molecule has 0 bridgehead atoms. The van der Waals surface area contributed by atoms with E-state index in [1.807, 2.05) is 19.2 Å². The second-order valence-electron chi connectivity index (χ2n) is 5.87. The molecule has 1 aliphatic rings. The summed E-state index contributed by atoms with van der Waals surface area (Å²) in [6, 6.07) is 7.21. The molecule has 0 aliphatic carbocycles. The zero-order valence-electron chi connectivity index (χ0n) is 12.7. The lowest BCUT2D eigenvalue weighted by Crippen LogP contribution is -2.37. The van der Waals surface area contributed by atoms with Gasteiger partial charge in [-0.1, -0.05) is 31.5 Å². The number of rotatable bonds is 6. The fraction of sp³-hybridized carbons (Fsp3) is 0.647. The van der Waals surface area contributed by atoms with Gasteiger partial charge in [-0.2, -0.15) is 0 Å². The standard InChI is InChI=1S/C17H27FN2/c1-3-14-7-6-11-20(13-14)12-10-17(19-2)15-8-4-5-9-16(15)18/h4-5,8-9,14,17,19H,3,6-7,10-13H2,1-2H3. The lowest BCUT2D eigenvalue weighted by Gasteiger charge is -2.33. The highest BCUT2D eigenvalue weighted by Gasteiger charge is 2.20. The summed E-state index contributed by atoms with van der Waals surface area (Å²) in [5.74, 6) is 0.752. The number of hydrogen-bond acceptors (Lipinski definition) is 2. The molecule has 2 nitrogen and oxygen atoms in total. The first-order valence-corrected chi connectivity index (χ1v) is 7.88. The van der Waals surface area contributed by atoms with E-state index in [4.69, 9.17) is 0 Å². The molecule has 1 saturated heterocycles. The molecule has 0 spiro atoms. The van der Waals surface area contributed by atoms with Crippen molar-refractivity contribution in [2.75, 3.05) is 26.7 Å². The van der Waals surface area contributed by atoms with Crippen molar-refractivity contribution in [2.24, 2.45) is 5.92 Å². The minimum Gasteiger partial charge on any atom is -0.313 e. The molecular formula is C17H27FN2. The van der Waals surface area contributed by atoms with Crippen LogP contribution in [0.4, 0.5) is 4.39 Å². The molecule has 1 heterocycles. The molecule has 0 amide bonds. The van der Waals surface area contributed by atoms with Gasteiger partial charge in [0.25, 0.3) is 0 Å². The third-order valence-corrected chi connectivity index (χ3v) is 4.54. The average Bonchev–Trinajstić information content (AvgIpc) is 2.49. The van der Waals surface area contributed by atoms with Crippen LogP contribution in [0.3, 0.4) is 0 Å². The van der Waals surface area contributed by atoms with Crippen LogP contribution >= 0.6 is 0 Å². The Morgan fingerprint density at radius 1 is 1.40 bits per heavy atom. The van der Waals surface area contributed by atoms with Crippen molar-refractivity contribution in [3.05, 3.63) is 35.6 Å². The van der Waals surface area contributed by atoms with Gasteiger partial charge in [-0.3, -0.25) is 0 Å². The van der Waals surface area contributed by atoms with Crippen molar-refractivity contribution in [3.63, 3.8) is 0 Å². The summed E-state index contributed by atoms with van der Waals surface area (Å²) in [4.78, 5) is 2.54. The van der Waals surface area contributed by atoms with E-state index < -0.39 is 0 Å². The van der Waals surface area contributed by atoms with E-state index in [2.05, 4.69) is 17.1 Å². The maximum absolute atomic E-state index is 13.9. The van der Waals surface area contributed by atoms with Crippen LogP contribution in [0, 0.1) is 11.7 Å². The van der Waals surface area contributed by atoms with E-state index in [0.717, 1.165) is 24.4 Å². The van der Waals surface area contributed by atoms with E-state index in [1.165, 1.54) is 32.4 Å². The van der Waals surface area contributed by atoms with E-state index in [1.54, 1.807) is 12.1 Å². The van der Waals surface area contributed by atoms with Gasteiger partial charge in [0, 0.05) is 18.2 Å². The molecule has 1 aromatic carbocycles. The molecule has 0 saturated carbocycles. The summed E-state index contributed by atoms with van der Waals surface area (Å²) in [6.45, 7) is 5.74. The Balaban J connectivity index is 1.89. The van der Waals surface area contributed by atoms with E-state index in [0.29, 0.717) is 0 Å². The Bertz CT molecular complexity index is 408. The van der Waals surface area contributed by atoms with Gasteiger partial charge in [0.1, 0.15) is 5.82 Å². The highest BCUT2D eigenvalue weighted by molar-refractivity contribution is 5.21. The third-order valence-electron chi connectivity index (χ3n) is 4.54. The SMILES string of the molecule is CCC1CCCN(CCC(NC)c2ccccc2F)C1. The Morgan fingerprint density at radius 3 is 2.90 bits per heavy atom. The Labute approximate surface area is 122 Å². The predicted octanol–water partition coefficient (Wildman–Crippen LogP) is 3.60. The number of likely N-dealkylation sites (tertiary alicyclic amines) is 1. The molecule has 1 N–H and O–H groups in total. The lowest BCUT2D eigenvalue weighted by molar-refractivity contribution is 0.165. The maximum atomic E-state index is 13.9. The van der Waals surface area contributed by atoms with Crippen molar-refractivity contribution < 1.29 is 4.39 Å². The summed E-state index contributed by atoms with van der Waals surface area (Å²) >= 11 is 0. The highest BCUT2D eigenvalue weighted by atomic mass is 19.1. The Morgan fingerprint density at radius 2 is 2.20 bits per heavy atom. The van der Waals surface area contributed by atoms with Crippen LogP contribution in [0.5, 0.6) is 0 Å². The fourth-order valence-electron chi connectivity index (χ4n) is 3.21. The van der Waals surface area contributed by atoms with Crippen molar-refractivity contribution >= 4 is 0 Å². The molecule has 0 radical (unpaired) electrons. The molecule has 1 fully saturated rings. The van der Waals surface area contributed by atoms with Gasteiger partial charge in [0.15, 0.2) is 0 Å². The van der Waals surface area contributed by atoms with Crippen LogP contribution in [0.15, 0.2) is 24.3 Å². The molecule has 20 heavy (non-hydrogen) atoms. The molecule has 1 aromatic rings. The average molecular weight is 278 g/mol. The van der Waals surface area contributed by atoms with Gasteiger partial charge in [-0.25, -0.2) is 4.39 Å². The third kappa shape index (κ3) is 4.03. The van der Waals surface area contributed by atoms with Crippen LogP contribution in [-0.4, -0.2) is 31.6 Å². The van der Waals surface area contributed by atoms with Gasteiger partial charge in [-0.05, 0) is 51.4 Å². The lowest BCUT2D eigenvalue weighted by atomic mass is 9.95. The fourth-order valence-corrected chi connectivity index (χ4v) is 3.21. The molecule has 3 heteroatoms. The second kappa shape index (κ2) is 7.75. The summed E-state index contributed by atoms with van der Waals surface area (Å²) < 4.78 is 13.9. The molecule has 2 unspecified atom stereocenters. The Hall–Kier alpha value is -0.930. The van der Waals surface area contributed by atoms with Crippen LogP contribution in [-0.2, 0) is 0 Å². The van der Waals surface area contributed by atoms with Gasteiger partial charge in [0.05, 0.1) is 0 Å². The first kappa shape index (κ1) is 15.5. The van der Waals surface area contributed by atoms with Gasteiger partial charge in [0.2, 0.25) is 0 Å². The van der Waals surface area contributed by atoms with Crippen molar-refractivity contribution in [2.45, 2.75) is 38.6 Å². The van der Waals surface area contributed by atoms with Gasteiger partial charge in [-0.15, -0.1) is 0 Å². The first-order valence-electron chi connectivity index (χ1n) is 7.88. The topological polar surface area (TPSA) is 15.3 Å². The molecular weight excluding hydrogens is 251 g/mol. The number of halogens is 1. The first-order chi connectivity index (χ1) is 9.74. The summed E-state index contributed by atoms with van der Waals surface area (Å²) in [5, 5.41) is 3.26. The monoisotopic (exact) mass is 278 g/mol. The van der Waals surface area contributed by atoms with Crippen molar-refractivity contribution in [3.8, 4) is 0 Å². The molecule has 0 aromatic heterocycles. The zero-order valence-corrected chi connectivity index (χ0v) is 12.7. The van der Waals surface area contributed by atoms with Gasteiger partial charge < -0.3 is 10.2 Å². The maximum Gasteiger partial charge on any atom is 0.127 e. The van der Waals surface area contributed by atoms with Crippen LogP contribution in [0.2, 0.25) is 0 Å². The predicted molar refractivity (Wildman–Crippen MR) is 82.3 cm³/mol. The van der Waals surface area contributed by atoms with E-state index in [9.17, 15) is 4.39 Å². The van der Waals surface area contributed by atoms with Crippen LogP contribution < -0.4 is 5.32 Å². The molecule has 112 valence electrons. The smallest absolute Gasteiger partial charge is 0.127 e. The highest BCUT2D eigenvalue weighted by Crippen LogP contribution is 2.23. The van der Waals surface area contributed by atoms with Crippen molar-refractivity contribution in [1.82, 2.24) is 10.2 Å². The van der Waals surface area contributed by atoms with E-state index >= 15 is 0 Å². The minimum absolute atomic E-state index is 0.100. The number of nitrogens with one attached hydrogen (secondary N) is 1. The molecule has 1 aliphatic heterocycles. The van der Waals surface area contributed by atoms with Crippen LogP contribution in [0.1, 0.15) is 44.2 Å². The molecule has 2 rings (SSSR count). The second-order valence-corrected chi connectivity index (χ2v) is 5.87. The number of hydrogen-bond donors (Lipinski definition) is 1. The number of nitrogens with zero attached hydrogens (tertiary/aromatic N) is 1. The number of piperidine rings is 1. The normalized spacial score (nSPS) is 21.9. The van der Waals surface area contributed by atoms with E-state index in [-0.39, 0.29) is 11.9 Å².